The zero-order chi connectivity index (χ0) is 14.5. The van der Waals surface area contributed by atoms with E-state index >= 15 is 0 Å². The van der Waals surface area contributed by atoms with Crippen LogP contribution < -0.4 is 5.32 Å². The molecule has 0 amide bonds. The van der Waals surface area contributed by atoms with Crippen LogP contribution in [0.3, 0.4) is 0 Å². The molecular formula is C18H13N3. The summed E-state index contributed by atoms with van der Waals surface area (Å²) in [7, 11) is 0. The van der Waals surface area contributed by atoms with Crippen LogP contribution in [0, 0.1) is 11.3 Å². The number of rotatable bonds is 3. The Kier molecular flexibility index (Phi) is 3.62. The van der Waals surface area contributed by atoms with Crippen molar-refractivity contribution in [2.24, 2.45) is 0 Å². The predicted molar refractivity (Wildman–Crippen MR) is 84.1 cm³/mol. The van der Waals surface area contributed by atoms with Crippen molar-refractivity contribution in [3.05, 3.63) is 78.6 Å². The van der Waals surface area contributed by atoms with Crippen LogP contribution >= 0.6 is 0 Å². The lowest BCUT2D eigenvalue weighted by Gasteiger charge is -2.12. The van der Waals surface area contributed by atoms with Crippen molar-refractivity contribution >= 4 is 11.4 Å². The van der Waals surface area contributed by atoms with Gasteiger partial charge in [0.05, 0.1) is 5.69 Å². The summed E-state index contributed by atoms with van der Waals surface area (Å²) in [6.07, 6.45) is 1.62. The van der Waals surface area contributed by atoms with Crippen molar-refractivity contribution in [2.45, 2.75) is 0 Å². The molecule has 3 rings (SSSR count). The number of nitriles is 1. The van der Waals surface area contributed by atoms with Gasteiger partial charge in [-0.15, -0.1) is 0 Å². The van der Waals surface area contributed by atoms with Crippen molar-refractivity contribution in [1.82, 2.24) is 4.98 Å². The molecule has 0 fully saturated rings. The van der Waals surface area contributed by atoms with E-state index in [1.165, 1.54) is 0 Å². The lowest BCUT2D eigenvalue weighted by atomic mass is 10.0. The standard InChI is InChI=1S/C18H13N3/c19-13-18-17(11-6-12-20-18)21-16-10-5-4-9-15(16)14-7-2-1-3-8-14/h1-12,21H. The minimum absolute atomic E-state index is 0.389. The van der Waals surface area contributed by atoms with Gasteiger partial charge in [-0.25, -0.2) is 4.98 Å². The van der Waals surface area contributed by atoms with Crippen molar-refractivity contribution in [3.63, 3.8) is 0 Å². The molecule has 0 radical (unpaired) electrons. The van der Waals surface area contributed by atoms with Crippen LogP contribution in [0.5, 0.6) is 0 Å². The molecule has 3 heteroatoms. The smallest absolute Gasteiger partial charge is 0.163 e. The predicted octanol–water partition coefficient (Wildman–Crippen LogP) is 4.36. The molecular weight excluding hydrogens is 258 g/mol. The van der Waals surface area contributed by atoms with E-state index in [2.05, 4.69) is 34.6 Å². The van der Waals surface area contributed by atoms with Gasteiger partial charge < -0.3 is 5.32 Å². The highest BCUT2D eigenvalue weighted by molar-refractivity contribution is 5.81. The summed E-state index contributed by atoms with van der Waals surface area (Å²) < 4.78 is 0. The number of para-hydroxylation sites is 1. The number of nitrogens with zero attached hydrogens (tertiary/aromatic N) is 2. The first-order valence-corrected chi connectivity index (χ1v) is 6.65. The first kappa shape index (κ1) is 12.9. The van der Waals surface area contributed by atoms with Crippen molar-refractivity contribution in [3.8, 4) is 17.2 Å². The topological polar surface area (TPSA) is 48.7 Å². The van der Waals surface area contributed by atoms with Gasteiger partial charge in [-0.3, -0.25) is 0 Å². The van der Waals surface area contributed by atoms with E-state index in [9.17, 15) is 0 Å². The zero-order valence-electron chi connectivity index (χ0n) is 11.3. The molecule has 1 heterocycles. The highest BCUT2D eigenvalue weighted by atomic mass is 14.9. The molecule has 0 spiro atoms. The lowest BCUT2D eigenvalue weighted by molar-refractivity contribution is 1.26. The second-order valence-electron chi connectivity index (χ2n) is 4.55. The van der Waals surface area contributed by atoms with Crippen molar-refractivity contribution < 1.29 is 0 Å². The molecule has 0 saturated carbocycles. The van der Waals surface area contributed by atoms with E-state index < -0.39 is 0 Å². The van der Waals surface area contributed by atoms with Crippen LogP contribution in [0.4, 0.5) is 11.4 Å². The molecule has 0 unspecified atom stereocenters. The van der Waals surface area contributed by atoms with E-state index in [0.29, 0.717) is 11.4 Å². The summed E-state index contributed by atoms with van der Waals surface area (Å²) in [5.74, 6) is 0. The number of nitrogens with one attached hydrogen (secondary N) is 1. The van der Waals surface area contributed by atoms with E-state index in [-0.39, 0.29) is 0 Å². The van der Waals surface area contributed by atoms with Crippen LogP contribution in [-0.2, 0) is 0 Å². The van der Waals surface area contributed by atoms with E-state index in [1.54, 1.807) is 6.20 Å². The van der Waals surface area contributed by atoms with Crippen LogP contribution in [0.2, 0.25) is 0 Å². The Morgan fingerprint density at radius 1 is 0.810 bits per heavy atom. The summed E-state index contributed by atoms with van der Waals surface area (Å²) >= 11 is 0. The maximum atomic E-state index is 9.13. The largest absolute Gasteiger partial charge is 0.353 e. The molecule has 1 N–H and O–H groups in total. The SMILES string of the molecule is N#Cc1ncccc1Nc1ccccc1-c1ccccc1. The monoisotopic (exact) mass is 271 g/mol. The van der Waals surface area contributed by atoms with Gasteiger partial charge in [0.25, 0.3) is 0 Å². The Bertz CT molecular complexity index is 789. The molecule has 0 saturated heterocycles. The summed E-state index contributed by atoms with van der Waals surface area (Å²) in [5, 5.41) is 12.4. The summed E-state index contributed by atoms with van der Waals surface area (Å²) in [5.41, 5.74) is 4.27. The molecule has 21 heavy (non-hydrogen) atoms. The summed E-state index contributed by atoms with van der Waals surface area (Å²) in [6.45, 7) is 0. The Labute approximate surface area is 123 Å². The number of anilines is 2. The van der Waals surface area contributed by atoms with E-state index in [4.69, 9.17) is 5.26 Å². The van der Waals surface area contributed by atoms with Gasteiger partial charge in [0.1, 0.15) is 6.07 Å². The first-order chi connectivity index (χ1) is 10.4. The second-order valence-corrected chi connectivity index (χ2v) is 4.55. The average Bonchev–Trinajstić information content (AvgIpc) is 2.57. The highest BCUT2D eigenvalue weighted by Crippen LogP contribution is 2.30. The Balaban J connectivity index is 2.03. The molecule has 3 aromatic rings. The fourth-order valence-electron chi connectivity index (χ4n) is 2.20. The van der Waals surface area contributed by atoms with E-state index in [0.717, 1.165) is 16.8 Å². The van der Waals surface area contributed by atoms with Gasteiger partial charge in [-0.2, -0.15) is 5.26 Å². The maximum Gasteiger partial charge on any atom is 0.163 e. The van der Waals surface area contributed by atoms with Crippen LogP contribution in [0.25, 0.3) is 11.1 Å². The lowest BCUT2D eigenvalue weighted by Crippen LogP contribution is -1.97. The maximum absolute atomic E-state index is 9.13. The van der Waals surface area contributed by atoms with Gasteiger partial charge in [-0.1, -0.05) is 48.5 Å². The number of hydrogen-bond donors (Lipinski definition) is 1. The fraction of sp³-hybridized carbons (Fsp3) is 0. The van der Waals surface area contributed by atoms with Crippen molar-refractivity contribution in [2.75, 3.05) is 5.32 Å². The van der Waals surface area contributed by atoms with Gasteiger partial charge in [0.2, 0.25) is 0 Å². The highest BCUT2D eigenvalue weighted by Gasteiger charge is 2.07. The molecule has 0 bridgehead atoms. The van der Waals surface area contributed by atoms with Gasteiger partial charge >= 0.3 is 0 Å². The normalized spacial score (nSPS) is 9.86. The molecule has 1 aromatic heterocycles. The zero-order valence-corrected chi connectivity index (χ0v) is 11.3. The molecule has 3 nitrogen and oxygen atoms in total. The average molecular weight is 271 g/mol. The molecule has 0 aliphatic heterocycles. The third kappa shape index (κ3) is 2.75. The van der Waals surface area contributed by atoms with Crippen LogP contribution in [0.15, 0.2) is 72.9 Å². The third-order valence-electron chi connectivity index (χ3n) is 3.19. The third-order valence-corrected chi connectivity index (χ3v) is 3.19. The Morgan fingerprint density at radius 3 is 2.33 bits per heavy atom. The fourth-order valence-corrected chi connectivity index (χ4v) is 2.20. The minimum Gasteiger partial charge on any atom is -0.353 e. The number of aromatic nitrogens is 1. The first-order valence-electron chi connectivity index (χ1n) is 6.65. The summed E-state index contributed by atoms with van der Waals surface area (Å²) in [6, 6.07) is 23.9. The molecule has 0 aliphatic rings. The molecule has 2 aromatic carbocycles. The second kappa shape index (κ2) is 5.89. The van der Waals surface area contributed by atoms with Gasteiger partial charge in [0.15, 0.2) is 5.69 Å². The number of pyridine rings is 1. The Hall–Kier alpha value is -3.12. The summed E-state index contributed by atoms with van der Waals surface area (Å²) in [4.78, 5) is 4.07. The molecule has 0 aliphatic carbocycles. The quantitative estimate of drug-likeness (QED) is 0.769. The van der Waals surface area contributed by atoms with Crippen LogP contribution in [0.1, 0.15) is 5.69 Å². The number of hydrogen-bond acceptors (Lipinski definition) is 3. The van der Waals surface area contributed by atoms with Crippen LogP contribution in [-0.4, -0.2) is 4.98 Å². The van der Waals surface area contributed by atoms with Gasteiger partial charge in [-0.05, 0) is 23.8 Å². The van der Waals surface area contributed by atoms with E-state index in [1.807, 2.05) is 48.5 Å². The van der Waals surface area contributed by atoms with Gasteiger partial charge in [0, 0.05) is 17.4 Å². The molecule has 100 valence electrons. The number of benzene rings is 2. The minimum atomic E-state index is 0.389. The van der Waals surface area contributed by atoms with Crippen molar-refractivity contribution in [1.29, 1.82) is 5.26 Å². The Morgan fingerprint density at radius 2 is 1.52 bits per heavy atom. The molecule has 0 atom stereocenters.